The van der Waals surface area contributed by atoms with Crippen molar-refractivity contribution in [2.45, 2.75) is 37.8 Å². The molecule has 2 bridgehead atoms. The van der Waals surface area contributed by atoms with Crippen molar-refractivity contribution in [3.63, 3.8) is 0 Å². The molecular formula is C19H25Cl2N3O3. The molecule has 0 spiro atoms. The quantitative estimate of drug-likeness (QED) is 0.826. The minimum atomic E-state index is -0.303. The van der Waals surface area contributed by atoms with E-state index in [1.165, 1.54) is 6.42 Å². The highest BCUT2D eigenvalue weighted by Gasteiger charge is 2.40. The molecule has 3 atom stereocenters. The maximum absolute atomic E-state index is 13.0. The van der Waals surface area contributed by atoms with E-state index >= 15 is 0 Å². The molecule has 27 heavy (non-hydrogen) atoms. The maximum atomic E-state index is 13.0. The van der Waals surface area contributed by atoms with E-state index in [1.807, 2.05) is 4.90 Å². The van der Waals surface area contributed by atoms with Crippen LogP contribution in [0, 0.1) is 5.92 Å². The van der Waals surface area contributed by atoms with Gasteiger partial charge in [0.1, 0.15) is 5.75 Å². The molecule has 0 radical (unpaired) electrons. The molecule has 3 unspecified atom stereocenters. The highest BCUT2D eigenvalue weighted by atomic mass is 35.5. The van der Waals surface area contributed by atoms with Crippen molar-refractivity contribution in [2.75, 3.05) is 31.6 Å². The number of amides is 2. The van der Waals surface area contributed by atoms with Crippen LogP contribution in [0.2, 0.25) is 5.02 Å². The number of methoxy groups -OCH3 is 1. The molecule has 4 rings (SSSR count). The van der Waals surface area contributed by atoms with Crippen LogP contribution in [0.1, 0.15) is 25.7 Å². The van der Waals surface area contributed by atoms with Crippen LogP contribution in [0.25, 0.3) is 0 Å². The molecular weight excluding hydrogens is 389 g/mol. The van der Waals surface area contributed by atoms with E-state index in [2.05, 4.69) is 5.32 Å². The molecule has 6 nitrogen and oxygen atoms in total. The van der Waals surface area contributed by atoms with Crippen LogP contribution >= 0.6 is 24.0 Å². The van der Waals surface area contributed by atoms with Gasteiger partial charge in [0.15, 0.2) is 0 Å². The van der Waals surface area contributed by atoms with Gasteiger partial charge in [-0.15, -0.1) is 12.4 Å². The summed E-state index contributed by atoms with van der Waals surface area (Å²) in [5.74, 6) is 0.324. The van der Waals surface area contributed by atoms with Crippen molar-refractivity contribution in [2.24, 2.45) is 5.92 Å². The zero-order valence-corrected chi connectivity index (χ0v) is 16.9. The molecule has 148 valence electrons. The highest BCUT2D eigenvalue weighted by molar-refractivity contribution is 6.31. The molecule has 1 N–H and O–H groups in total. The van der Waals surface area contributed by atoms with Crippen molar-refractivity contribution in [1.29, 1.82) is 0 Å². The van der Waals surface area contributed by atoms with E-state index in [4.69, 9.17) is 16.3 Å². The lowest BCUT2D eigenvalue weighted by molar-refractivity contribution is -0.136. The number of nitrogens with one attached hydrogen (secondary N) is 1. The van der Waals surface area contributed by atoms with Gasteiger partial charge in [-0.25, -0.2) is 0 Å². The number of carbonyl (C=O) groups is 2. The van der Waals surface area contributed by atoms with Gasteiger partial charge >= 0.3 is 0 Å². The lowest BCUT2D eigenvalue weighted by Gasteiger charge is -2.27. The molecule has 3 aliphatic heterocycles. The third kappa shape index (κ3) is 4.03. The molecule has 0 aromatic heterocycles. The van der Waals surface area contributed by atoms with Crippen molar-refractivity contribution >= 4 is 41.5 Å². The van der Waals surface area contributed by atoms with E-state index in [0.29, 0.717) is 35.1 Å². The summed E-state index contributed by atoms with van der Waals surface area (Å²) in [6, 6.07) is 6.13. The number of fused-ring (bicyclic) bond motifs is 2. The number of hydrogen-bond acceptors (Lipinski definition) is 4. The predicted molar refractivity (Wildman–Crippen MR) is 107 cm³/mol. The van der Waals surface area contributed by atoms with Crippen LogP contribution in [0.3, 0.4) is 0 Å². The van der Waals surface area contributed by atoms with Gasteiger partial charge in [0.25, 0.3) is 0 Å². The molecule has 2 amide bonds. The highest BCUT2D eigenvalue weighted by Crippen LogP contribution is 2.36. The molecule has 3 heterocycles. The van der Waals surface area contributed by atoms with Crippen molar-refractivity contribution in [3.05, 3.63) is 23.2 Å². The Kier molecular flexibility index (Phi) is 6.18. The first kappa shape index (κ1) is 20.2. The Labute approximate surface area is 170 Å². The van der Waals surface area contributed by atoms with Crippen molar-refractivity contribution < 1.29 is 14.3 Å². The zero-order chi connectivity index (χ0) is 18.3. The summed E-state index contributed by atoms with van der Waals surface area (Å²) in [4.78, 5) is 29.2. The van der Waals surface area contributed by atoms with Crippen molar-refractivity contribution in [3.8, 4) is 5.75 Å². The Morgan fingerprint density at radius 2 is 2.00 bits per heavy atom. The number of carbonyl (C=O) groups excluding carboxylic acids is 2. The van der Waals surface area contributed by atoms with E-state index in [9.17, 15) is 9.59 Å². The first-order valence-corrected chi connectivity index (χ1v) is 9.61. The number of ether oxygens (including phenoxy) is 1. The first-order chi connectivity index (χ1) is 12.5. The van der Waals surface area contributed by atoms with Gasteiger partial charge < -0.3 is 19.9 Å². The average molecular weight is 414 g/mol. The largest absolute Gasteiger partial charge is 0.495 e. The van der Waals surface area contributed by atoms with E-state index < -0.39 is 0 Å². The van der Waals surface area contributed by atoms with Crippen molar-refractivity contribution in [1.82, 2.24) is 10.2 Å². The molecule has 8 heteroatoms. The topological polar surface area (TPSA) is 61.9 Å². The van der Waals surface area contributed by atoms with Gasteiger partial charge in [-0.2, -0.15) is 0 Å². The fourth-order valence-electron chi connectivity index (χ4n) is 4.38. The molecule has 0 saturated carbocycles. The number of rotatable bonds is 3. The molecule has 3 fully saturated rings. The molecule has 1 aromatic rings. The fraction of sp³-hybridized carbons (Fsp3) is 0.579. The minimum Gasteiger partial charge on any atom is -0.495 e. The van der Waals surface area contributed by atoms with E-state index in [0.717, 1.165) is 25.9 Å². The zero-order valence-electron chi connectivity index (χ0n) is 15.3. The van der Waals surface area contributed by atoms with E-state index in [-0.39, 0.29) is 36.6 Å². The number of hydrogen-bond donors (Lipinski definition) is 1. The lowest BCUT2D eigenvalue weighted by atomic mass is 10.0. The Morgan fingerprint density at radius 1 is 1.22 bits per heavy atom. The molecule has 3 saturated heterocycles. The summed E-state index contributed by atoms with van der Waals surface area (Å²) >= 11 is 6.10. The van der Waals surface area contributed by atoms with Gasteiger partial charge in [-0.3, -0.25) is 9.59 Å². The second-order valence-corrected chi connectivity index (χ2v) is 7.87. The Hall–Kier alpha value is -1.50. The van der Waals surface area contributed by atoms with Gasteiger partial charge in [0, 0.05) is 43.2 Å². The molecule has 0 aliphatic carbocycles. The Bertz CT molecular complexity index is 730. The van der Waals surface area contributed by atoms with Gasteiger partial charge in [-0.1, -0.05) is 11.6 Å². The van der Waals surface area contributed by atoms with Crippen LogP contribution in [0.5, 0.6) is 5.75 Å². The fourth-order valence-corrected chi connectivity index (χ4v) is 4.55. The van der Waals surface area contributed by atoms with Crippen LogP contribution in [0.4, 0.5) is 5.69 Å². The molecule has 1 aromatic carbocycles. The minimum absolute atomic E-state index is 0. The summed E-state index contributed by atoms with van der Waals surface area (Å²) in [5, 5.41) is 4.13. The van der Waals surface area contributed by atoms with E-state index in [1.54, 1.807) is 30.2 Å². The predicted octanol–water partition coefficient (Wildman–Crippen LogP) is 2.48. The van der Waals surface area contributed by atoms with Gasteiger partial charge in [-0.05, 0) is 37.5 Å². The van der Waals surface area contributed by atoms with Crippen LogP contribution in [-0.2, 0) is 9.59 Å². The van der Waals surface area contributed by atoms with Crippen LogP contribution in [-0.4, -0.2) is 55.5 Å². The monoisotopic (exact) mass is 413 g/mol. The summed E-state index contributed by atoms with van der Waals surface area (Å²) < 4.78 is 5.37. The SMILES string of the molecule is COc1ccc(Cl)cc1N1CC(C(=O)N2CCC3CCC(C2)N3)CC1=O.Cl. The number of benzene rings is 1. The number of nitrogens with zero attached hydrogens (tertiary/aromatic N) is 2. The van der Waals surface area contributed by atoms with Crippen LogP contribution < -0.4 is 15.0 Å². The van der Waals surface area contributed by atoms with Gasteiger partial charge in [0.2, 0.25) is 11.8 Å². The summed E-state index contributed by atoms with van der Waals surface area (Å²) in [6.45, 7) is 1.91. The lowest BCUT2D eigenvalue weighted by Crippen LogP contribution is -2.42. The number of anilines is 1. The Balaban J connectivity index is 0.00000210. The summed E-state index contributed by atoms with van der Waals surface area (Å²) in [7, 11) is 1.56. The summed E-state index contributed by atoms with van der Waals surface area (Å²) in [5.41, 5.74) is 0.636. The van der Waals surface area contributed by atoms with Crippen LogP contribution in [0.15, 0.2) is 18.2 Å². The maximum Gasteiger partial charge on any atom is 0.228 e. The second kappa shape index (κ2) is 8.25. The molecule has 3 aliphatic rings. The normalized spacial score (nSPS) is 27.3. The third-order valence-electron chi connectivity index (χ3n) is 5.74. The second-order valence-electron chi connectivity index (χ2n) is 7.43. The smallest absolute Gasteiger partial charge is 0.228 e. The summed E-state index contributed by atoms with van der Waals surface area (Å²) in [6.07, 6.45) is 3.57. The van der Waals surface area contributed by atoms with Gasteiger partial charge in [0.05, 0.1) is 18.7 Å². The number of halogens is 2. The third-order valence-corrected chi connectivity index (χ3v) is 5.98. The Morgan fingerprint density at radius 3 is 2.78 bits per heavy atom. The number of likely N-dealkylation sites (tertiary alicyclic amines) is 1. The standard InChI is InChI=1S/C19H24ClN3O3.ClH/c1-26-17-5-2-13(20)9-16(17)23-10-12(8-18(23)24)19(25)22-7-6-14-3-4-15(11-22)21-14;/h2,5,9,12,14-15,21H,3-4,6-8,10-11H2,1H3;1H. The average Bonchev–Trinajstić information content (AvgIpc) is 3.16. The first-order valence-electron chi connectivity index (χ1n) is 9.24.